The molecule has 1 heterocycles. The monoisotopic (exact) mass is 320 g/mol. The summed E-state index contributed by atoms with van der Waals surface area (Å²) in [7, 11) is -3.58. The fraction of sp³-hybridized carbons (Fsp3) is 0.267. The van der Waals surface area contributed by atoms with Gasteiger partial charge >= 0.3 is 0 Å². The van der Waals surface area contributed by atoms with Gasteiger partial charge in [-0.3, -0.25) is 0 Å². The van der Waals surface area contributed by atoms with Crippen molar-refractivity contribution in [2.75, 3.05) is 6.54 Å². The standard InChI is InChI=1S/C15H16N2O2S2/c1-13-5-7-15(8-6-13)21(18,19)17(10-3-9-16)12-14-4-2-11-20-14/h2,4-8,11H,3,10,12H2,1H3. The van der Waals surface area contributed by atoms with Crippen LogP contribution in [0.15, 0.2) is 46.7 Å². The van der Waals surface area contributed by atoms with Gasteiger partial charge in [-0.2, -0.15) is 9.57 Å². The lowest BCUT2D eigenvalue weighted by molar-refractivity contribution is 0.416. The third kappa shape index (κ3) is 3.91. The first-order valence-electron chi connectivity index (χ1n) is 6.50. The second-order valence-electron chi connectivity index (χ2n) is 4.64. The molecule has 110 valence electrons. The predicted molar refractivity (Wildman–Crippen MR) is 83.3 cm³/mol. The Morgan fingerprint density at radius 2 is 1.95 bits per heavy atom. The molecule has 1 aromatic heterocycles. The van der Waals surface area contributed by atoms with Gasteiger partial charge in [0.2, 0.25) is 10.0 Å². The molecule has 0 radical (unpaired) electrons. The largest absolute Gasteiger partial charge is 0.243 e. The third-order valence-electron chi connectivity index (χ3n) is 3.04. The summed E-state index contributed by atoms with van der Waals surface area (Å²) in [6.07, 6.45) is 0.177. The van der Waals surface area contributed by atoms with Gasteiger partial charge in [0, 0.05) is 24.4 Å². The van der Waals surface area contributed by atoms with Crippen LogP contribution in [0.5, 0.6) is 0 Å². The molecule has 0 bridgehead atoms. The van der Waals surface area contributed by atoms with Crippen LogP contribution in [0.2, 0.25) is 0 Å². The first-order valence-corrected chi connectivity index (χ1v) is 8.82. The van der Waals surface area contributed by atoms with E-state index in [1.165, 1.54) is 15.6 Å². The van der Waals surface area contributed by atoms with Crippen molar-refractivity contribution in [3.8, 4) is 6.07 Å². The molecule has 1 aromatic carbocycles. The van der Waals surface area contributed by atoms with Gasteiger partial charge in [-0.25, -0.2) is 8.42 Å². The highest BCUT2D eigenvalue weighted by molar-refractivity contribution is 7.89. The summed E-state index contributed by atoms with van der Waals surface area (Å²) in [5.41, 5.74) is 1.01. The van der Waals surface area contributed by atoms with Crippen LogP contribution < -0.4 is 0 Å². The third-order valence-corrected chi connectivity index (χ3v) is 5.76. The van der Waals surface area contributed by atoms with Crippen LogP contribution in [0, 0.1) is 18.3 Å². The molecule has 0 aliphatic rings. The SMILES string of the molecule is Cc1ccc(S(=O)(=O)N(CCC#N)Cc2cccs2)cc1. The minimum Gasteiger partial charge on any atom is -0.207 e. The second-order valence-corrected chi connectivity index (χ2v) is 7.61. The van der Waals surface area contributed by atoms with Crippen LogP contribution in [0.4, 0.5) is 0 Å². The van der Waals surface area contributed by atoms with Gasteiger partial charge < -0.3 is 0 Å². The van der Waals surface area contributed by atoms with Crippen molar-refractivity contribution in [1.82, 2.24) is 4.31 Å². The van der Waals surface area contributed by atoms with E-state index in [-0.39, 0.29) is 17.9 Å². The Hall–Kier alpha value is -1.68. The highest BCUT2D eigenvalue weighted by Crippen LogP contribution is 2.21. The highest BCUT2D eigenvalue weighted by atomic mass is 32.2. The number of hydrogen-bond acceptors (Lipinski definition) is 4. The van der Waals surface area contributed by atoms with Gasteiger partial charge in [0.15, 0.2) is 0 Å². The van der Waals surface area contributed by atoms with Gasteiger partial charge in [-0.1, -0.05) is 23.8 Å². The van der Waals surface area contributed by atoms with Crippen molar-refractivity contribution in [3.05, 3.63) is 52.2 Å². The lowest BCUT2D eigenvalue weighted by atomic mass is 10.2. The highest BCUT2D eigenvalue weighted by Gasteiger charge is 2.24. The Bertz CT molecular complexity index is 714. The van der Waals surface area contributed by atoms with Crippen LogP contribution in [0.3, 0.4) is 0 Å². The number of hydrogen-bond donors (Lipinski definition) is 0. The number of sulfonamides is 1. The zero-order chi connectivity index (χ0) is 15.3. The van der Waals surface area contributed by atoms with Crippen LogP contribution in [-0.2, 0) is 16.6 Å². The lowest BCUT2D eigenvalue weighted by Crippen LogP contribution is -2.31. The van der Waals surface area contributed by atoms with E-state index in [0.717, 1.165) is 10.4 Å². The van der Waals surface area contributed by atoms with Crippen LogP contribution in [-0.4, -0.2) is 19.3 Å². The normalized spacial score (nSPS) is 11.5. The molecule has 0 aliphatic heterocycles. The van der Waals surface area contributed by atoms with Crippen molar-refractivity contribution < 1.29 is 8.42 Å². The summed E-state index contributed by atoms with van der Waals surface area (Å²) in [6, 6.07) is 12.6. The molecule has 0 spiro atoms. The van der Waals surface area contributed by atoms with E-state index in [0.29, 0.717) is 6.54 Å². The Morgan fingerprint density at radius 1 is 1.24 bits per heavy atom. The molecular weight excluding hydrogens is 304 g/mol. The molecule has 0 aliphatic carbocycles. The maximum Gasteiger partial charge on any atom is 0.243 e. The summed E-state index contributed by atoms with van der Waals surface area (Å²) >= 11 is 1.51. The van der Waals surface area contributed by atoms with E-state index in [1.807, 2.05) is 30.5 Å². The van der Waals surface area contributed by atoms with E-state index < -0.39 is 10.0 Å². The average molecular weight is 320 g/mol. The van der Waals surface area contributed by atoms with Crippen molar-refractivity contribution in [2.45, 2.75) is 24.8 Å². The first-order chi connectivity index (χ1) is 10.0. The molecule has 4 nitrogen and oxygen atoms in total. The fourth-order valence-electron chi connectivity index (χ4n) is 1.89. The number of benzene rings is 1. The van der Waals surface area contributed by atoms with Crippen molar-refractivity contribution in [3.63, 3.8) is 0 Å². The topological polar surface area (TPSA) is 61.2 Å². The Morgan fingerprint density at radius 3 is 2.52 bits per heavy atom. The number of thiophene rings is 1. The Balaban J connectivity index is 2.29. The maximum atomic E-state index is 12.7. The fourth-order valence-corrected chi connectivity index (χ4v) is 4.11. The molecule has 2 rings (SSSR count). The van der Waals surface area contributed by atoms with Crippen molar-refractivity contribution in [1.29, 1.82) is 5.26 Å². The zero-order valence-electron chi connectivity index (χ0n) is 11.7. The number of aryl methyl sites for hydroxylation is 1. The van der Waals surface area contributed by atoms with E-state index in [9.17, 15) is 8.42 Å². The molecule has 0 atom stereocenters. The molecule has 0 saturated carbocycles. The summed E-state index contributed by atoms with van der Waals surface area (Å²) in [6.45, 7) is 2.41. The van der Waals surface area contributed by atoms with E-state index in [1.54, 1.807) is 24.3 Å². The average Bonchev–Trinajstić information content (AvgIpc) is 2.96. The molecule has 2 aromatic rings. The zero-order valence-corrected chi connectivity index (χ0v) is 13.3. The summed E-state index contributed by atoms with van der Waals surface area (Å²) in [5.74, 6) is 0. The molecule has 0 unspecified atom stereocenters. The van der Waals surface area contributed by atoms with E-state index in [2.05, 4.69) is 0 Å². The number of rotatable bonds is 6. The number of nitrogens with zero attached hydrogens (tertiary/aromatic N) is 2. The molecule has 21 heavy (non-hydrogen) atoms. The van der Waals surface area contributed by atoms with Gasteiger partial charge in [0.25, 0.3) is 0 Å². The molecule has 0 N–H and O–H groups in total. The molecule has 6 heteroatoms. The minimum absolute atomic E-state index is 0.177. The van der Waals surface area contributed by atoms with Crippen LogP contribution in [0.25, 0.3) is 0 Å². The molecule has 0 fully saturated rings. The maximum absolute atomic E-state index is 12.7. The van der Waals surface area contributed by atoms with Crippen LogP contribution in [0.1, 0.15) is 16.9 Å². The Kier molecular flexibility index (Phi) is 5.12. The van der Waals surface area contributed by atoms with Gasteiger partial charge in [0.1, 0.15) is 0 Å². The van der Waals surface area contributed by atoms with Gasteiger partial charge in [0.05, 0.1) is 11.0 Å². The first kappa shape index (κ1) is 15.7. The van der Waals surface area contributed by atoms with Gasteiger partial charge in [-0.15, -0.1) is 11.3 Å². The molecular formula is C15H16N2O2S2. The van der Waals surface area contributed by atoms with Crippen LogP contribution >= 0.6 is 11.3 Å². The molecule has 0 saturated heterocycles. The lowest BCUT2D eigenvalue weighted by Gasteiger charge is -2.20. The van der Waals surface area contributed by atoms with E-state index in [4.69, 9.17) is 5.26 Å². The predicted octanol–water partition coefficient (Wildman–Crippen LogP) is 3.16. The Labute approximate surface area is 129 Å². The molecule has 0 amide bonds. The smallest absolute Gasteiger partial charge is 0.207 e. The number of nitriles is 1. The van der Waals surface area contributed by atoms with Gasteiger partial charge in [-0.05, 0) is 30.5 Å². The quantitative estimate of drug-likeness (QED) is 0.821. The van der Waals surface area contributed by atoms with Crippen molar-refractivity contribution in [2.24, 2.45) is 0 Å². The summed E-state index contributed by atoms with van der Waals surface area (Å²) < 4.78 is 26.8. The second kappa shape index (κ2) is 6.85. The van der Waals surface area contributed by atoms with E-state index >= 15 is 0 Å². The van der Waals surface area contributed by atoms with Crippen molar-refractivity contribution >= 4 is 21.4 Å². The minimum atomic E-state index is -3.58. The summed E-state index contributed by atoms with van der Waals surface area (Å²) in [5, 5.41) is 10.7. The summed E-state index contributed by atoms with van der Waals surface area (Å²) in [4.78, 5) is 1.23.